The molecule has 5 aromatic carbocycles. The summed E-state index contributed by atoms with van der Waals surface area (Å²) in [7, 11) is 1.66. The van der Waals surface area contributed by atoms with Crippen LogP contribution < -0.4 is 4.74 Å². The van der Waals surface area contributed by atoms with Crippen molar-refractivity contribution in [1.82, 2.24) is 15.0 Å². The van der Waals surface area contributed by atoms with E-state index in [0.717, 1.165) is 74.1 Å². The van der Waals surface area contributed by atoms with E-state index < -0.39 is 0 Å². The van der Waals surface area contributed by atoms with Gasteiger partial charge in [0, 0.05) is 86.6 Å². The Bertz CT molecular complexity index is 2880. The van der Waals surface area contributed by atoms with Gasteiger partial charge in [-0.05, 0) is 127 Å². The predicted octanol–water partition coefficient (Wildman–Crippen LogP) is 16.2. The average molecular weight is 1310 g/mol. The molecule has 8 aromatic rings. The second kappa shape index (κ2) is 34.9. The molecule has 0 fully saturated rings. The molecule has 3 aromatic heterocycles. The highest BCUT2D eigenvalue weighted by Gasteiger charge is 2.09. The maximum atomic E-state index is 11.0. The summed E-state index contributed by atoms with van der Waals surface area (Å²) in [5.41, 5.74) is 9.36. The van der Waals surface area contributed by atoms with Crippen LogP contribution in [-0.2, 0) is 25.5 Å². The Hall–Kier alpha value is -6.37. The van der Waals surface area contributed by atoms with Crippen LogP contribution in [-0.4, -0.2) is 65.0 Å². The number of nitrogens with zero attached hydrogens (tertiary/aromatic N) is 1. The fourth-order valence-electron chi connectivity index (χ4n) is 5.91. The number of hydrogen-bond acceptors (Lipinski definition) is 8. The van der Waals surface area contributed by atoms with Crippen molar-refractivity contribution in [2.45, 2.75) is 20.3 Å². The molecule has 0 spiro atoms. The van der Waals surface area contributed by atoms with Gasteiger partial charge in [0.05, 0.1) is 26.7 Å². The molecule has 0 unspecified atom stereocenters. The number of aromatic amines is 3. The van der Waals surface area contributed by atoms with Crippen LogP contribution in [0.4, 0.5) is 0 Å². The number of esters is 2. The summed E-state index contributed by atoms with van der Waals surface area (Å²) in [5.74, 6) is 0.130. The quantitative estimate of drug-likeness (QED) is 0.0337. The first kappa shape index (κ1) is 60.9. The largest absolute Gasteiger partial charge is 0.482 e. The first-order valence-corrected chi connectivity index (χ1v) is 26.2. The number of aldehydes is 1. The standard InChI is InChI=1S/C12H11BrN2O2.C11H10BrNO.C11H11BrO2.C10H8BrN.C7H5BrO.C5H8O2/c13-10-3-1-9(2-4-10)11-5-7-14-12(11)6-8-15(16)17;1-14-11-10(6-7-13-11)8-2-4-9(12)5-3-8;1-2-14-11(13)8-5-9-3-6-10(12)7-4-9;11-10-3-1-8(2-4-10)9-5-6-12-7-9;8-7-3-1-6(5-9)2-4-7;1-3-5(6)7-4-2/h1-5,7,14H,6,8H2;2-7,13H,1H3;3-8H,2H2,1H3;1-7,12H;1-5H;3H,1,4H2,2H3/b;;8-5+;;;. The fourth-order valence-corrected chi connectivity index (χ4v) is 7.23. The Morgan fingerprint density at radius 1 is 0.589 bits per heavy atom. The van der Waals surface area contributed by atoms with Gasteiger partial charge in [-0.25, -0.2) is 9.59 Å². The maximum absolute atomic E-state index is 11.0. The molecule has 0 amide bonds. The minimum atomic E-state index is -0.359. The third kappa shape index (κ3) is 24.3. The van der Waals surface area contributed by atoms with Crippen LogP contribution >= 0.6 is 79.6 Å². The van der Waals surface area contributed by atoms with E-state index in [4.69, 9.17) is 9.47 Å². The van der Waals surface area contributed by atoms with Crippen LogP contribution in [0.3, 0.4) is 0 Å². The van der Waals surface area contributed by atoms with Crippen molar-refractivity contribution >= 4 is 104 Å². The number of benzene rings is 5. The van der Waals surface area contributed by atoms with Crippen molar-refractivity contribution in [3.63, 3.8) is 0 Å². The topological polar surface area (TPSA) is 169 Å². The Balaban J connectivity index is 0.000000236. The second-order valence-electron chi connectivity index (χ2n) is 14.5. The molecule has 0 atom stereocenters. The lowest BCUT2D eigenvalue weighted by Gasteiger charge is -2.02. The van der Waals surface area contributed by atoms with Crippen molar-refractivity contribution in [3.05, 3.63) is 232 Å². The number of H-pyrrole nitrogens is 3. The number of carbonyl (C=O) groups is 3. The summed E-state index contributed by atoms with van der Waals surface area (Å²) in [6.45, 7) is 7.52. The SMILES string of the molecule is Brc1ccc(-c2cc[nH]c2)cc1.C=CC(=O)OCC.CCOC(=O)/C=C/c1ccc(Br)cc1.COc1[nH]ccc1-c1ccc(Br)cc1.O=Cc1ccc(Br)cc1.O=[N+]([O-])CCc1[nH]ccc1-c1ccc(Br)cc1. The summed E-state index contributed by atoms with van der Waals surface area (Å²) in [6, 6.07) is 45.2. The van der Waals surface area contributed by atoms with Crippen LogP contribution in [0.15, 0.2) is 205 Å². The molecule has 380 valence electrons. The molecule has 8 rings (SSSR count). The van der Waals surface area contributed by atoms with Gasteiger partial charge in [0.15, 0.2) is 5.88 Å². The molecule has 0 aliphatic heterocycles. The number of aromatic nitrogens is 3. The molecule has 0 bridgehead atoms. The zero-order chi connectivity index (χ0) is 53.4. The maximum Gasteiger partial charge on any atom is 0.330 e. The van der Waals surface area contributed by atoms with Crippen LogP contribution in [0.25, 0.3) is 39.5 Å². The van der Waals surface area contributed by atoms with Crippen molar-refractivity contribution < 1.29 is 33.5 Å². The van der Waals surface area contributed by atoms with Gasteiger partial charge in [0.2, 0.25) is 6.54 Å². The van der Waals surface area contributed by atoms with Gasteiger partial charge in [-0.1, -0.05) is 147 Å². The zero-order valence-electron chi connectivity index (χ0n) is 40.0. The molecule has 17 heteroatoms. The number of carbonyl (C=O) groups excluding carboxylic acids is 3. The van der Waals surface area contributed by atoms with Gasteiger partial charge < -0.3 is 29.2 Å². The van der Waals surface area contributed by atoms with Crippen LogP contribution in [0.1, 0.15) is 35.5 Å². The molecular weight excluding hydrogens is 1260 g/mol. The van der Waals surface area contributed by atoms with E-state index in [0.29, 0.717) is 25.2 Å². The number of rotatable bonds is 13. The second-order valence-corrected chi connectivity index (χ2v) is 19.1. The Kier molecular flexibility index (Phi) is 29.1. The number of ether oxygens (including phenoxy) is 3. The Morgan fingerprint density at radius 3 is 1.48 bits per heavy atom. The molecule has 73 heavy (non-hydrogen) atoms. The molecule has 3 heterocycles. The minimum absolute atomic E-state index is 0.0515. The average Bonchev–Trinajstić information content (AvgIpc) is 4.22. The smallest absolute Gasteiger partial charge is 0.330 e. The summed E-state index contributed by atoms with van der Waals surface area (Å²) in [4.78, 5) is 50.3. The lowest BCUT2D eigenvalue weighted by Crippen LogP contribution is -2.04. The van der Waals surface area contributed by atoms with Gasteiger partial charge in [0.1, 0.15) is 6.29 Å². The molecular formula is C56H53Br5N4O8. The van der Waals surface area contributed by atoms with Crippen LogP contribution in [0, 0.1) is 10.1 Å². The molecule has 3 N–H and O–H groups in total. The lowest BCUT2D eigenvalue weighted by atomic mass is 10.1. The van der Waals surface area contributed by atoms with Gasteiger partial charge in [-0.3, -0.25) is 14.9 Å². The monoisotopic (exact) mass is 1300 g/mol. The predicted molar refractivity (Wildman–Crippen MR) is 310 cm³/mol. The van der Waals surface area contributed by atoms with E-state index in [9.17, 15) is 24.5 Å². The van der Waals surface area contributed by atoms with E-state index >= 15 is 0 Å². The first-order chi connectivity index (χ1) is 35.2. The molecule has 12 nitrogen and oxygen atoms in total. The highest BCUT2D eigenvalue weighted by molar-refractivity contribution is 9.11. The van der Waals surface area contributed by atoms with Gasteiger partial charge in [-0.2, -0.15) is 0 Å². The molecule has 0 radical (unpaired) electrons. The zero-order valence-corrected chi connectivity index (χ0v) is 48.0. The van der Waals surface area contributed by atoms with E-state index in [1.165, 1.54) is 17.2 Å². The molecule has 0 saturated heterocycles. The molecule has 0 saturated carbocycles. The van der Waals surface area contributed by atoms with Gasteiger partial charge >= 0.3 is 11.9 Å². The summed E-state index contributed by atoms with van der Waals surface area (Å²) in [5, 5.41) is 10.4. The lowest BCUT2D eigenvalue weighted by molar-refractivity contribution is -0.479. The van der Waals surface area contributed by atoms with E-state index in [1.807, 2.05) is 122 Å². The van der Waals surface area contributed by atoms with Crippen LogP contribution in [0.5, 0.6) is 5.88 Å². The van der Waals surface area contributed by atoms with E-state index in [-0.39, 0.29) is 23.4 Å². The van der Waals surface area contributed by atoms with Crippen molar-refractivity contribution in [3.8, 4) is 39.3 Å². The van der Waals surface area contributed by atoms with Crippen molar-refractivity contribution in [2.24, 2.45) is 0 Å². The number of methoxy groups -OCH3 is 1. The van der Waals surface area contributed by atoms with Crippen molar-refractivity contribution in [1.29, 1.82) is 0 Å². The van der Waals surface area contributed by atoms with Crippen molar-refractivity contribution in [2.75, 3.05) is 26.9 Å². The van der Waals surface area contributed by atoms with Gasteiger partial charge in [0.25, 0.3) is 0 Å². The Morgan fingerprint density at radius 2 is 1.04 bits per heavy atom. The summed E-state index contributed by atoms with van der Waals surface area (Å²) >= 11 is 16.8. The third-order valence-corrected chi connectivity index (χ3v) is 12.0. The molecule has 0 aliphatic carbocycles. The number of nitrogens with one attached hydrogen (secondary N) is 3. The van der Waals surface area contributed by atoms with E-state index in [1.54, 1.807) is 39.2 Å². The number of halogens is 5. The fraction of sp³-hybridized carbons (Fsp3) is 0.125. The highest BCUT2D eigenvalue weighted by atomic mass is 79.9. The van der Waals surface area contributed by atoms with Crippen LogP contribution in [0.2, 0.25) is 0 Å². The first-order valence-electron chi connectivity index (χ1n) is 22.2. The normalized spacial score (nSPS) is 9.86. The highest BCUT2D eigenvalue weighted by Crippen LogP contribution is 2.29. The van der Waals surface area contributed by atoms with E-state index in [2.05, 4.69) is 136 Å². The molecule has 0 aliphatic rings. The summed E-state index contributed by atoms with van der Waals surface area (Å²) < 4.78 is 19.6. The number of nitro groups is 1. The number of hydrogen-bond donors (Lipinski definition) is 3. The summed E-state index contributed by atoms with van der Waals surface area (Å²) in [6.07, 6.45) is 13.1. The third-order valence-electron chi connectivity index (χ3n) is 9.40. The minimum Gasteiger partial charge on any atom is -0.482 e. The van der Waals surface area contributed by atoms with Gasteiger partial charge in [-0.15, -0.1) is 0 Å². The Labute approximate surface area is 467 Å².